The number of carboxylic acids is 1. The van der Waals surface area contributed by atoms with E-state index in [0.717, 1.165) is 0 Å². The third kappa shape index (κ3) is 2.79. The monoisotopic (exact) mass is 261 g/mol. The maximum absolute atomic E-state index is 11.8. The minimum absolute atomic E-state index is 0.180. The number of para-hydroxylation sites is 1. The van der Waals surface area contributed by atoms with Crippen molar-refractivity contribution in [2.24, 2.45) is 0 Å². The summed E-state index contributed by atoms with van der Waals surface area (Å²) < 4.78 is 0. The molecule has 0 aliphatic rings. The van der Waals surface area contributed by atoms with Gasteiger partial charge in [-0.3, -0.25) is 14.9 Å². The highest BCUT2D eigenvalue weighted by Crippen LogP contribution is 2.07. The van der Waals surface area contributed by atoms with E-state index in [1.165, 1.54) is 0 Å². The van der Waals surface area contributed by atoms with Crippen LogP contribution in [0, 0.1) is 0 Å². The highest BCUT2D eigenvalue weighted by molar-refractivity contribution is 5.78. The Morgan fingerprint density at radius 3 is 2.79 bits per heavy atom. The van der Waals surface area contributed by atoms with Gasteiger partial charge in [0, 0.05) is 0 Å². The summed E-state index contributed by atoms with van der Waals surface area (Å²) in [5.41, 5.74) is -0.712. The van der Waals surface area contributed by atoms with Gasteiger partial charge in [0.05, 0.1) is 17.4 Å². The Morgan fingerprint density at radius 2 is 2.11 bits per heavy atom. The first kappa shape index (κ1) is 13.2. The lowest BCUT2D eigenvalue weighted by molar-refractivity contribution is -0.143. The molecule has 6 nitrogen and oxygen atoms in total. The van der Waals surface area contributed by atoms with E-state index < -0.39 is 11.5 Å². The van der Waals surface area contributed by atoms with Crippen molar-refractivity contribution in [3.05, 3.63) is 40.4 Å². The predicted molar refractivity (Wildman–Crippen MR) is 70.9 cm³/mol. The van der Waals surface area contributed by atoms with Gasteiger partial charge >= 0.3 is 5.97 Å². The van der Waals surface area contributed by atoms with Gasteiger partial charge in [-0.1, -0.05) is 12.1 Å². The molecule has 0 fully saturated rings. The molecule has 0 amide bonds. The molecule has 6 heteroatoms. The SMILES string of the molecule is CC(C)(NCc1nc2ccccc2c(=O)[nH]1)C(=O)O. The molecule has 0 saturated carbocycles. The van der Waals surface area contributed by atoms with Crippen molar-refractivity contribution >= 4 is 16.9 Å². The molecule has 1 heterocycles. The molecule has 0 aliphatic carbocycles. The van der Waals surface area contributed by atoms with Crippen LogP contribution in [0.4, 0.5) is 0 Å². The second-order valence-corrected chi connectivity index (χ2v) is 4.81. The second-order valence-electron chi connectivity index (χ2n) is 4.81. The minimum Gasteiger partial charge on any atom is -0.480 e. The number of aromatic amines is 1. The van der Waals surface area contributed by atoms with Crippen LogP contribution in [0.3, 0.4) is 0 Å². The number of rotatable bonds is 4. The lowest BCUT2D eigenvalue weighted by atomic mass is 10.1. The molecule has 0 saturated heterocycles. The van der Waals surface area contributed by atoms with E-state index in [0.29, 0.717) is 16.7 Å². The molecule has 3 N–H and O–H groups in total. The van der Waals surface area contributed by atoms with Crippen LogP contribution in [0.25, 0.3) is 10.9 Å². The molecule has 0 unspecified atom stereocenters. The van der Waals surface area contributed by atoms with Gasteiger partial charge in [0.1, 0.15) is 11.4 Å². The van der Waals surface area contributed by atoms with Crippen LogP contribution < -0.4 is 10.9 Å². The zero-order valence-corrected chi connectivity index (χ0v) is 10.7. The summed E-state index contributed by atoms with van der Waals surface area (Å²) in [7, 11) is 0. The Labute approximate surface area is 109 Å². The molecule has 1 aromatic carbocycles. The van der Waals surface area contributed by atoms with Crippen LogP contribution in [0.2, 0.25) is 0 Å². The maximum Gasteiger partial charge on any atom is 0.323 e. The lowest BCUT2D eigenvalue weighted by Gasteiger charge is -2.20. The number of H-pyrrole nitrogens is 1. The summed E-state index contributed by atoms with van der Waals surface area (Å²) in [5, 5.41) is 12.3. The molecule has 1 aromatic heterocycles. The largest absolute Gasteiger partial charge is 0.480 e. The van der Waals surface area contributed by atoms with Gasteiger partial charge in [-0.05, 0) is 26.0 Å². The van der Waals surface area contributed by atoms with Crippen LogP contribution >= 0.6 is 0 Å². The predicted octanol–water partition coefficient (Wildman–Crippen LogP) is 0.876. The number of nitrogens with one attached hydrogen (secondary N) is 2. The number of hydrogen-bond acceptors (Lipinski definition) is 4. The second kappa shape index (κ2) is 4.81. The fraction of sp³-hybridized carbons (Fsp3) is 0.308. The summed E-state index contributed by atoms with van der Waals surface area (Å²) >= 11 is 0. The average molecular weight is 261 g/mol. The van der Waals surface area contributed by atoms with Crippen molar-refractivity contribution in [2.75, 3.05) is 0 Å². The van der Waals surface area contributed by atoms with E-state index in [-0.39, 0.29) is 12.1 Å². The number of hydrogen-bond donors (Lipinski definition) is 3. The molecule has 0 aliphatic heterocycles. The van der Waals surface area contributed by atoms with E-state index in [9.17, 15) is 9.59 Å². The standard InChI is InChI=1S/C13H15N3O3/c1-13(2,12(18)19)14-7-10-15-9-6-4-3-5-8(9)11(17)16-10/h3-6,14H,7H2,1-2H3,(H,18,19)(H,15,16,17). The highest BCUT2D eigenvalue weighted by atomic mass is 16.4. The third-order valence-corrected chi connectivity index (χ3v) is 2.89. The fourth-order valence-electron chi connectivity index (χ4n) is 1.60. The van der Waals surface area contributed by atoms with Gasteiger partial charge in [-0.2, -0.15) is 0 Å². The Bertz CT molecular complexity index is 676. The molecule has 2 rings (SSSR count). The normalized spacial score (nSPS) is 11.7. The molecule has 2 aromatic rings. The van der Waals surface area contributed by atoms with Crippen LogP contribution in [-0.2, 0) is 11.3 Å². The first-order chi connectivity index (χ1) is 8.90. The number of benzene rings is 1. The minimum atomic E-state index is -1.08. The van der Waals surface area contributed by atoms with E-state index in [2.05, 4.69) is 15.3 Å². The molecule has 0 spiro atoms. The summed E-state index contributed by atoms with van der Waals surface area (Å²) in [5.74, 6) is -0.548. The summed E-state index contributed by atoms with van der Waals surface area (Å²) in [6.45, 7) is 3.28. The number of carbonyl (C=O) groups is 1. The van der Waals surface area contributed by atoms with E-state index >= 15 is 0 Å². The molecule has 0 bridgehead atoms. The smallest absolute Gasteiger partial charge is 0.323 e. The van der Waals surface area contributed by atoms with Gasteiger partial charge in [-0.15, -0.1) is 0 Å². The van der Waals surface area contributed by atoms with Crippen LogP contribution in [0.15, 0.2) is 29.1 Å². The fourth-order valence-corrected chi connectivity index (χ4v) is 1.60. The van der Waals surface area contributed by atoms with E-state index in [4.69, 9.17) is 5.11 Å². The summed E-state index contributed by atoms with van der Waals surface area (Å²) in [4.78, 5) is 29.7. The van der Waals surface area contributed by atoms with Crippen LogP contribution in [-0.4, -0.2) is 26.6 Å². The third-order valence-electron chi connectivity index (χ3n) is 2.89. The Kier molecular flexibility index (Phi) is 3.35. The first-order valence-corrected chi connectivity index (χ1v) is 5.86. The molecule has 0 radical (unpaired) electrons. The van der Waals surface area contributed by atoms with Gasteiger partial charge in [0.15, 0.2) is 0 Å². The maximum atomic E-state index is 11.8. The van der Waals surface area contributed by atoms with Gasteiger partial charge < -0.3 is 10.1 Å². The van der Waals surface area contributed by atoms with Crippen molar-refractivity contribution in [3.63, 3.8) is 0 Å². The number of fused-ring (bicyclic) bond motifs is 1. The Hall–Kier alpha value is -2.21. The molecule has 0 atom stereocenters. The van der Waals surface area contributed by atoms with Crippen molar-refractivity contribution in [1.82, 2.24) is 15.3 Å². The van der Waals surface area contributed by atoms with Crippen molar-refractivity contribution in [2.45, 2.75) is 25.9 Å². The van der Waals surface area contributed by atoms with Gasteiger partial charge in [0.25, 0.3) is 5.56 Å². The lowest BCUT2D eigenvalue weighted by Crippen LogP contribution is -2.46. The Morgan fingerprint density at radius 1 is 1.42 bits per heavy atom. The summed E-state index contributed by atoms with van der Waals surface area (Å²) in [6, 6.07) is 7.01. The number of carboxylic acid groups (broad SMARTS) is 1. The molecular weight excluding hydrogens is 246 g/mol. The van der Waals surface area contributed by atoms with Crippen molar-refractivity contribution in [1.29, 1.82) is 0 Å². The molecule has 19 heavy (non-hydrogen) atoms. The highest BCUT2D eigenvalue weighted by Gasteiger charge is 2.26. The zero-order chi connectivity index (χ0) is 14.0. The van der Waals surface area contributed by atoms with Crippen LogP contribution in [0.5, 0.6) is 0 Å². The Balaban J connectivity index is 2.27. The zero-order valence-electron chi connectivity index (χ0n) is 10.7. The van der Waals surface area contributed by atoms with Gasteiger partial charge in [-0.25, -0.2) is 4.98 Å². The van der Waals surface area contributed by atoms with Crippen LogP contribution in [0.1, 0.15) is 19.7 Å². The van der Waals surface area contributed by atoms with Gasteiger partial charge in [0.2, 0.25) is 0 Å². The average Bonchev–Trinajstić information content (AvgIpc) is 2.36. The van der Waals surface area contributed by atoms with Crippen molar-refractivity contribution < 1.29 is 9.90 Å². The quantitative estimate of drug-likeness (QED) is 0.759. The number of aromatic nitrogens is 2. The van der Waals surface area contributed by atoms with Crippen molar-refractivity contribution in [3.8, 4) is 0 Å². The topological polar surface area (TPSA) is 95.1 Å². The summed E-state index contributed by atoms with van der Waals surface area (Å²) in [6.07, 6.45) is 0. The number of aliphatic carboxylic acids is 1. The molecule has 100 valence electrons. The number of nitrogens with zero attached hydrogens (tertiary/aromatic N) is 1. The molecular formula is C13H15N3O3. The van der Waals surface area contributed by atoms with E-state index in [1.807, 2.05) is 0 Å². The first-order valence-electron chi connectivity index (χ1n) is 5.86. The van der Waals surface area contributed by atoms with E-state index in [1.54, 1.807) is 38.1 Å².